The Kier molecular flexibility index (Phi) is 5.50. The normalized spacial score (nSPS) is 14.2. The molecule has 152 valence electrons. The summed E-state index contributed by atoms with van der Waals surface area (Å²) < 4.78 is 0. The lowest BCUT2D eigenvalue weighted by Crippen LogP contribution is -2.30. The van der Waals surface area contributed by atoms with Gasteiger partial charge in [0.25, 0.3) is 5.91 Å². The maximum atomic E-state index is 12.5. The average molecular weight is 421 g/mol. The molecule has 0 bridgehead atoms. The number of rotatable bonds is 4. The fraction of sp³-hybridized carbons (Fsp3) is 0.217. The van der Waals surface area contributed by atoms with Crippen LogP contribution in [0.3, 0.4) is 0 Å². The zero-order valence-corrected chi connectivity index (χ0v) is 17.5. The summed E-state index contributed by atoms with van der Waals surface area (Å²) in [5.41, 5.74) is 5.14. The highest BCUT2D eigenvalue weighted by Crippen LogP contribution is 2.32. The number of carbonyl (C=O) groups is 2. The predicted octanol–water partition coefficient (Wildman–Crippen LogP) is 4.20. The Hall–Kier alpha value is -3.25. The molecular formula is C23H21ClN4O2. The fourth-order valence-corrected chi connectivity index (χ4v) is 3.80. The average Bonchev–Trinajstić information content (AvgIpc) is 2.76. The van der Waals surface area contributed by atoms with Crippen molar-refractivity contribution in [3.63, 3.8) is 0 Å². The number of hydrogen-bond donors (Lipinski definition) is 1. The van der Waals surface area contributed by atoms with Crippen LogP contribution in [0.1, 0.15) is 41.0 Å². The minimum Gasteiger partial charge on any atom is -0.344 e. The van der Waals surface area contributed by atoms with Gasteiger partial charge in [-0.2, -0.15) is 0 Å². The number of anilines is 1. The number of halogens is 1. The van der Waals surface area contributed by atoms with Crippen molar-refractivity contribution in [2.24, 2.45) is 0 Å². The summed E-state index contributed by atoms with van der Waals surface area (Å²) >= 11 is 6.07. The molecule has 1 atom stereocenters. The van der Waals surface area contributed by atoms with Crippen LogP contribution in [0.25, 0.3) is 11.1 Å². The monoisotopic (exact) mass is 420 g/mol. The van der Waals surface area contributed by atoms with Gasteiger partial charge in [-0.1, -0.05) is 17.7 Å². The first kappa shape index (κ1) is 20.0. The third kappa shape index (κ3) is 3.91. The first-order valence-corrected chi connectivity index (χ1v) is 10.1. The van der Waals surface area contributed by atoms with Gasteiger partial charge in [0.05, 0.1) is 11.1 Å². The zero-order chi connectivity index (χ0) is 21.3. The maximum Gasteiger partial charge on any atom is 0.271 e. The van der Waals surface area contributed by atoms with E-state index in [1.54, 1.807) is 36.5 Å². The van der Waals surface area contributed by atoms with Crippen LogP contribution in [0.4, 0.5) is 5.69 Å². The molecule has 1 aromatic carbocycles. The van der Waals surface area contributed by atoms with Gasteiger partial charge < -0.3 is 10.2 Å². The van der Waals surface area contributed by atoms with Crippen molar-refractivity contribution in [1.29, 1.82) is 0 Å². The molecule has 0 aliphatic carbocycles. The van der Waals surface area contributed by atoms with Crippen LogP contribution in [0.2, 0.25) is 5.02 Å². The number of nitrogens with zero attached hydrogens (tertiary/aromatic N) is 3. The summed E-state index contributed by atoms with van der Waals surface area (Å²) in [4.78, 5) is 34.5. The standard InChI is InChI=1S/C23H21ClN4O2/c1-14(27-23(30)22-19(24)4-3-9-26-22)17-11-18(13-25-12-17)15-5-7-20-16(10-15)6-8-21(29)28(20)2/h3-5,7,9-14H,6,8H2,1-2H3,(H,27,30). The summed E-state index contributed by atoms with van der Waals surface area (Å²) in [6.07, 6.45) is 6.32. The molecule has 1 unspecified atom stereocenters. The smallest absolute Gasteiger partial charge is 0.271 e. The van der Waals surface area contributed by atoms with E-state index in [4.69, 9.17) is 11.6 Å². The molecule has 6 nitrogen and oxygen atoms in total. The largest absolute Gasteiger partial charge is 0.344 e. The number of fused-ring (bicyclic) bond motifs is 1. The lowest BCUT2D eigenvalue weighted by atomic mass is 9.96. The Balaban J connectivity index is 1.56. The molecule has 1 N–H and O–H groups in total. The van der Waals surface area contributed by atoms with Crippen LogP contribution in [-0.2, 0) is 11.2 Å². The molecule has 1 aliphatic rings. The first-order valence-electron chi connectivity index (χ1n) is 9.70. The van der Waals surface area contributed by atoms with Gasteiger partial charge in [-0.25, -0.2) is 4.98 Å². The Morgan fingerprint density at radius 1 is 1.17 bits per heavy atom. The highest BCUT2D eigenvalue weighted by Gasteiger charge is 2.21. The van der Waals surface area contributed by atoms with Crippen molar-refractivity contribution in [2.45, 2.75) is 25.8 Å². The second-order valence-electron chi connectivity index (χ2n) is 7.33. The summed E-state index contributed by atoms with van der Waals surface area (Å²) in [5.74, 6) is -0.198. The van der Waals surface area contributed by atoms with Crippen LogP contribution in [-0.4, -0.2) is 28.8 Å². The SMILES string of the molecule is CC(NC(=O)c1ncccc1Cl)c1cncc(-c2ccc3c(c2)CCC(=O)N3C)c1. The molecule has 2 amide bonds. The van der Waals surface area contributed by atoms with E-state index in [1.807, 2.05) is 25.1 Å². The van der Waals surface area contributed by atoms with Crippen molar-refractivity contribution in [2.75, 3.05) is 11.9 Å². The highest BCUT2D eigenvalue weighted by atomic mass is 35.5. The molecule has 2 aromatic heterocycles. The van der Waals surface area contributed by atoms with Crippen molar-refractivity contribution in [3.8, 4) is 11.1 Å². The lowest BCUT2D eigenvalue weighted by molar-refractivity contribution is -0.118. The van der Waals surface area contributed by atoms with Crippen molar-refractivity contribution >= 4 is 29.1 Å². The predicted molar refractivity (Wildman–Crippen MR) is 117 cm³/mol. The molecule has 7 heteroatoms. The molecule has 0 saturated heterocycles. The van der Waals surface area contributed by atoms with Gasteiger partial charge in [0, 0.05) is 43.3 Å². The molecule has 0 saturated carbocycles. The summed E-state index contributed by atoms with van der Waals surface area (Å²) in [6, 6.07) is 11.1. The molecule has 30 heavy (non-hydrogen) atoms. The van der Waals surface area contributed by atoms with Crippen LogP contribution < -0.4 is 10.2 Å². The van der Waals surface area contributed by atoms with Gasteiger partial charge in [-0.05, 0) is 60.4 Å². The van der Waals surface area contributed by atoms with E-state index < -0.39 is 0 Å². The van der Waals surface area contributed by atoms with Crippen molar-refractivity contribution in [3.05, 3.63) is 76.8 Å². The number of pyridine rings is 2. The topological polar surface area (TPSA) is 75.2 Å². The van der Waals surface area contributed by atoms with Gasteiger partial charge >= 0.3 is 0 Å². The fourth-order valence-electron chi connectivity index (χ4n) is 3.59. The van der Waals surface area contributed by atoms with Crippen LogP contribution in [0.5, 0.6) is 0 Å². The minimum absolute atomic E-state index is 0.136. The molecule has 0 fully saturated rings. The van der Waals surface area contributed by atoms with E-state index in [0.29, 0.717) is 11.4 Å². The van der Waals surface area contributed by atoms with E-state index in [-0.39, 0.29) is 23.6 Å². The Bertz CT molecular complexity index is 1130. The Morgan fingerprint density at radius 2 is 2.00 bits per heavy atom. The van der Waals surface area contributed by atoms with Crippen molar-refractivity contribution in [1.82, 2.24) is 15.3 Å². The molecule has 4 rings (SSSR count). The maximum absolute atomic E-state index is 12.5. The number of carbonyl (C=O) groups excluding carboxylic acids is 2. The van der Waals surface area contributed by atoms with E-state index in [1.165, 1.54) is 6.20 Å². The summed E-state index contributed by atoms with van der Waals surface area (Å²) in [7, 11) is 1.81. The van der Waals surface area contributed by atoms with Crippen LogP contribution in [0.15, 0.2) is 55.0 Å². The van der Waals surface area contributed by atoms with Crippen molar-refractivity contribution < 1.29 is 9.59 Å². The Morgan fingerprint density at radius 3 is 2.80 bits per heavy atom. The second kappa shape index (κ2) is 8.24. The highest BCUT2D eigenvalue weighted by molar-refractivity contribution is 6.33. The first-order chi connectivity index (χ1) is 14.4. The molecule has 0 spiro atoms. The molecule has 0 radical (unpaired) electrons. The lowest BCUT2D eigenvalue weighted by Gasteiger charge is -2.26. The quantitative estimate of drug-likeness (QED) is 0.686. The van der Waals surface area contributed by atoms with E-state index in [9.17, 15) is 9.59 Å². The summed E-state index contributed by atoms with van der Waals surface area (Å²) in [6.45, 7) is 1.89. The Labute approximate surface area is 179 Å². The minimum atomic E-state index is -0.333. The van der Waals surface area contributed by atoms with Gasteiger partial charge in [0.2, 0.25) is 5.91 Å². The summed E-state index contributed by atoms with van der Waals surface area (Å²) in [5, 5.41) is 3.23. The van der Waals surface area contributed by atoms with E-state index in [2.05, 4.69) is 21.4 Å². The number of hydrogen-bond acceptors (Lipinski definition) is 4. The van der Waals surface area contributed by atoms with Gasteiger partial charge in [0.1, 0.15) is 5.69 Å². The second-order valence-corrected chi connectivity index (χ2v) is 7.74. The van der Waals surface area contributed by atoms with Gasteiger partial charge in [-0.15, -0.1) is 0 Å². The number of nitrogens with one attached hydrogen (secondary N) is 1. The van der Waals surface area contributed by atoms with Gasteiger partial charge in [0.15, 0.2) is 0 Å². The number of amides is 2. The third-order valence-corrected chi connectivity index (χ3v) is 5.64. The number of aromatic nitrogens is 2. The third-order valence-electron chi connectivity index (χ3n) is 5.34. The number of benzene rings is 1. The van der Waals surface area contributed by atoms with E-state index >= 15 is 0 Å². The molecule has 1 aliphatic heterocycles. The zero-order valence-electron chi connectivity index (χ0n) is 16.7. The molecule has 3 aromatic rings. The molecule has 3 heterocycles. The number of aryl methyl sites for hydroxylation is 1. The molecular weight excluding hydrogens is 400 g/mol. The van der Waals surface area contributed by atoms with E-state index in [0.717, 1.165) is 34.4 Å². The van der Waals surface area contributed by atoms with Gasteiger partial charge in [-0.3, -0.25) is 14.6 Å². The van der Waals surface area contributed by atoms with Crippen LogP contribution in [0, 0.1) is 0 Å². The van der Waals surface area contributed by atoms with Crippen LogP contribution >= 0.6 is 11.6 Å².